The Morgan fingerprint density at radius 3 is 2.08 bits per heavy atom. The average molecular weight is 362 g/mol. The highest BCUT2D eigenvalue weighted by atomic mass is 32.2. The molecule has 0 spiro atoms. The summed E-state index contributed by atoms with van der Waals surface area (Å²) in [5, 5.41) is -0.422. The summed E-state index contributed by atoms with van der Waals surface area (Å²) in [4.78, 5) is 23.3. The van der Waals surface area contributed by atoms with E-state index in [9.17, 15) is 9.59 Å². The van der Waals surface area contributed by atoms with Crippen molar-refractivity contribution in [1.29, 1.82) is 0 Å². The predicted octanol–water partition coefficient (Wildman–Crippen LogP) is 4.67. The van der Waals surface area contributed by atoms with E-state index in [2.05, 4.69) is 6.92 Å². The van der Waals surface area contributed by atoms with Crippen LogP contribution in [0.5, 0.6) is 0 Å². The zero-order valence-electron chi connectivity index (χ0n) is 15.8. The van der Waals surface area contributed by atoms with Crippen LogP contribution < -0.4 is 5.73 Å². The number of nitrogens with two attached hydrogens (primary N) is 1. The van der Waals surface area contributed by atoms with E-state index in [1.165, 1.54) is 38.5 Å². The maximum absolute atomic E-state index is 11.7. The van der Waals surface area contributed by atoms with Crippen molar-refractivity contribution < 1.29 is 19.1 Å². The van der Waals surface area contributed by atoms with Crippen molar-refractivity contribution in [3.8, 4) is 0 Å². The largest absolute Gasteiger partial charge is 0.465 e. The fraction of sp³-hybridized carbons (Fsp3) is 0.889. The molecule has 24 heavy (non-hydrogen) atoms. The van der Waals surface area contributed by atoms with Crippen LogP contribution in [0.2, 0.25) is 0 Å². The molecule has 0 saturated carbocycles. The molecule has 1 atom stereocenters. The molecule has 2 N–H and O–H groups in total. The Balaban J connectivity index is 3.61. The summed E-state index contributed by atoms with van der Waals surface area (Å²) >= 11 is 0.909. The quantitative estimate of drug-likeness (QED) is 0.402. The third-order valence-electron chi connectivity index (χ3n) is 3.32. The van der Waals surface area contributed by atoms with Crippen LogP contribution >= 0.6 is 11.8 Å². The van der Waals surface area contributed by atoms with Crippen molar-refractivity contribution >= 4 is 23.0 Å². The van der Waals surface area contributed by atoms with Gasteiger partial charge in [-0.25, -0.2) is 4.79 Å². The molecule has 0 bridgehead atoms. The third-order valence-corrected chi connectivity index (χ3v) is 4.16. The second-order valence-electron chi connectivity index (χ2n) is 7.02. The van der Waals surface area contributed by atoms with Crippen LogP contribution in [-0.2, 0) is 14.3 Å². The topological polar surface area (TPSA) is 78.6 Å². The molecule has 0 aliphatic rings. The summed E-state index contributed by atoms with van der Waals surface area (Å²) < 4.78 is 10.3. The van der Waals surface area contributed by atoms with Gasteiger partial charge in [0.15, 0.2) is 0 Å². The molecule has 0 aromatic rings. The van der Waals surface area contributed by atoms with Gasteiger partial charge in [-0.1, -0.05) is 51.9 Å². The highest BCUT2D eigenvalue weighted by Gasteiger charge is 2.21. The van der Waals surface area contributed by atoms with Gasteiger partial charge < -0.3 is 15.2 Å². The summed E-state index contributed by atoms with van der Waals surface area (Å²) in [6, 6.07) is -0.795. The lowest BCUT2D eigenvalue weighted by Crippen LogP contribution is -2.35. The fourth-order valence-corrected chi connectivity index (χ4v) is 2.78. The van der Waals surface area contributed by atoms with Crippen molar-refractivity contribution in [1.82, 2.24) is 0 Å². The van der Waals surface area contributed by atoms with E-state index in [0.29, 0.717) is 6.61 Å². The lowest BCUT2D eigenvalue weighted by Gasteiger charge is -2.19. The Bertz CT molecular complexity index is 355. The van der Waals surface area contributed by atoms with Crippen LogP contribution in [0.1, 0.15) is 79.1 Å². The maximum Gasteiger partial charge on any atom is 0.367 e. The van der Waals surface area contributed by atoms with E-state index in [-0.39, 0.29) is 5.75 Å². The molecule has 5 nitrogen and oxygen atoms in total. The van der Waals surface area contributed by atoms with Crippen LogP contribution in [0, 0.1) is 0 Å². The summed E-state index contributed by atoms with van der Waals surface area (Å²) in [5.74, 6) is -0.278. The van der Waals surface area contributed by atoms with Crippen molar-refractivity contribution in [2.45, 2.75) is 90.7 Å². The van der Waals surface area contributed by atoms with Crippen LogP contribution in [0.3, 0.4) is 0 Å². The minimum atomic E-state index is -0.795. The van der Waals surface area contributed by atoms with E-state index in [1.54, 1.807) is 20.8 Å². The summed E-state index contributed by atoms with van der Waals surface area (Å²) in [5.41, 5.74) is 5.20. The molecule has 0 radical (unpaired) electrons. The normalized spacial score (nSPS) is 12.7. The number of hydrogen-bond donors (Lipinski definition) is 1. The number of carbonyl (C=O) groups is 2. The summed E-state index contributed by atoms with van der Waals surface area (Å²) in [6.45, 7) is 8.00. The van der Waals surface area contributed by atoms with Gasteiger partial charge in [-0.3, -0.25) is 4.79 Å². The van der Waals surface area contributed by atoms with Crippen LogP contribution in [0.4, 0.5) is 4.79 Å². The summed E-state index contributed by atoms with van der Waals surface area (Å²) in [6.07, 6.45) is 9.56. The van der Waals surface area contributed by atoms with Crippen molar-refractivity contribution in [3.63, 3.8) is 0 Å². The Kier molecular flexibility index (Phi) is 13.1. The molecule has 6 heteroatoms. The lowest BCUT2D eigenvalue weighted by molar-refractivity contribution is -0.144. The van der Waals surface area contributed by atoms with Gasteiger partial charge in [0.25, 0.3) is 0 Å². The van der Waals surface area contributed by atoms with E-state index in [1.807, 2.05) is 0 Å². The minimum absolute atomic E-state index is 0.172. The molecule has 0 aliphatic carbocycles. The average Bonchev–Trinajstić information content (AvgIpc) is 2.49. The van der Waals surface area contributed by atoms with Crippen molar-refractivity contribution in [2.75, 3.05) is 12.4 Å². The molecule has 142 valence electrons. The first-order valence-electron chi connectivity index (χ1n) is 9.04. The SMILES string of the molecule is CCCCCCCCCCOC(=O)C(N)CSC(=O)OC(C)(C)C. The second kappa shape index (κ2) is 13.5. The van der Waals surface area contributed by atoms with Crippen LogP contribution in [0.25, 0.3) is 0 Å². The smallest absolute Gasteiger partial charge is 0.367 e. The highest BCUT2D eigenvalue weighted by Crippen LogP contribution is 2.15. The molecule has 0 heterocycles. The fourth-order valence-electron chi connectivity index (χ4n) is 2.02. The first kappa shape index (κ1) is 23.2. The van der Waals surface area contributed by atoms with Crippen molar-refractivity contribution in [3.05, 3.63) is 0 Å². The molecule has 0 amide bonds. The number of unbranched alkanes of at least 4 members (excludes halogenated alkanes) is 7. The van der Waals surface area contributed by atoms with Crippen molar-refractivity contribution in [2.24, 2.45) is 5.73 Å². The van der Waals surface area contributed by atoms with Gasteiger partial charge in [-0.05, 0) is 39.0 Å². The molecule has 0 aromatic heterocycles. The maximum atomic E-state index is 11.7. The summed E-state index contributed by atoms with van der Waals surface area (Å²) in [7, 11) is 0. The Morgan fingerprint density at radius 1 is 1.00 bits per heavy atom. The van der Waals surface area contributed by atoms with E-state index in [4.69, 9.17) is 15.2 Å². The van der Waals surface area contributed by atoms with E-state index in [0.717, 1.165) is 24.6 Å². The first-order valence-corrected chi connectivity index (χ1v) is 10.0. The van der Waals surface area contributed by atoms with E-state index >= 15 is 0 Å². The molecule has 0 fully saturated rings. The zero-order valence-corrected chi connectivity index (χ0v) is 16.6. The molecule has 0 saturated heterocycles. The minimum Gasteiger partial charge on any atom is -0.465 e. The first-order chi connectivity index (χ1) is 11.3. The molecule has 0 aromatic carbocycles. The third kappa shape index (κ3) is 14.8. The predicted molar refractivity (Wildman–Crippen MR) is 100 cm³/mol. The van der Waals surface area contributed by atoms with Gasteiger partial charge in [-0.2, -0.15) is 0 Å². The molecular weight excluding hydrogens is 326 g/mol. The second-order valence-corrected chi connectivity index (χ2v) is 7.98. The molecular formula is C18H35NO4S. The Hall–Kier alpha value is -0.750. The number of ether oxygens (including phenoxy) is 2. The molecule has 0 aliphatic heterocycles. The Labute approximate surface area is 151 Å². The number of esters is 1. The standard InChI is InChI=1S/C18H35NO4S/c1-5-6-7-8-9-10-11-12-13-22-16(20)15(19)14-24-17(21)23-18(2,3)4/h15H,5-14,19H2,1-4H3. The number of hydrogen-bond acceptors (Lipinski definition) is 6. The van der Waals surface area contributed by atoms with Gasteiger partial charge in [0.1, 0.15) is 11.6 Å². The van der Waals surface area contributed by atoms with Gasteiger partial charge in [0.05, 0.1) is 6.61 Å². The molecule has 0 rings (SSSR count). The van der Waals surface area contributed by atoms with Gasteiger partial charge >= 0.3 is 11.3 Å². The monoisotopic (exact) mass is 361 g/mol. The van der Waals surface area contributed by atoms with Gasteiger partial charge in [0.2, 0.25) is 0 Å². The number of carbonyl (C=O) groups excluding carboxylic acids is 2. The van der Waals surface area contributed by atoms with Crippen LogP contribution in [0.15, 0.2) is 0 Å². The zero-order chi connectivity index (χ0) is 18.4. The van der Waals surface area contributed by atoms with Gasteiger partial charge in [-0.15, -0.1) is 0 Å². The van der Waals surface area contributed by atoms with E-state index < -0.39 is 22.9 Å². The number of rotatable bonds is 12. The van der Waals surface area contributed by atoms with Gasteiger partial charge in [0, 0.05) is 5.75 Å². The van der Waals surface area contributed by atoms with Crippen LogP contribution in [-0.4, -0.2) is 35.3 Å². The molecule has 1 unspecified atom stereocenters. The number of thioether (sulfide) groups is 1. The Morgan fingerprint density at radius 2 is 1.54 bits per heavy atom. The highest BCUT2D eigenvalue weighted by molar-refractivity contribution is 8.13. The lowest BCUT2D eigenvalue weighted by atomic mass is 10.1.